The Bertz CT molecular complexity index is 980. The number of piperidine rings is 1. The summed E-state index contributed by atoms with van der Waals surface area (Å²) in [5, 5.41) is 6.36. The SMILES string of the molecule is CCN(c1cc(Br)cc(C(=O)NCc2c(C)cc(C)[nH]c2=O)c1C)C1CCNCC1. The van der Waals surface area contributed by atoms with Gasteiger partial charge in [0.05, 0.1) is 0 Å². The summed E-state index contributed by atoms with van der Waals surface area (Å²) < 4.78 is 0.880. The number of aryl methyl sites for hydroxylation is 2. The summed E-state index contributed by atoms with van der Waals surface area (Å²) >= 11 is 3.59. The molecule has 6 nitrogen and oxygen atoms in total. The maximum atomic E-state index is 13.0. The highest BCUT2D eigenvalue weighted by Gasteiger charge is 2.24. The van der Waals surface area contributed by atoms with Crippen LogP contribution in [0.25, 0.3) is 0 Å². The van der Waals surface area contributed by atoms with Gasteiger partial charge in [-0.05, 0) is 83.0 Å². The van der Waals surface area contributed by atoms with Crippen molar-refractivity contribution in [2.75, 3.05) is 24.5 Å². The lowest BCUT2D eigenvalue weighted by Gasteiger charge is -2.37. The molecule has 1 saturated heterocycles. The van der Waals surface area contributed by atoms with Crippen molar-refractivity contribution in [1.29, 1.82) is 0 Å². The molecule has 2 heterocycles. The summed E-state index contributed by atoms with van der Waals surface area (Å²) in [6.45, 7) is 11.0. The summed E-state index contributed by atoms with van der Waals surface area (Å²) in [7, 11) is 0. The molecule has 3 rings (SSSR count). The van der Waals surface area contributed by atoms with Crippen molar-refractivity contribution in [3.8, 4) is 0 Å². The van der Waals surface area contributed by atoms with Crippen LogP contribution in [0, 0.1) is 20.8 Å². The topological polar surface area (TPSA) is 77.2 Å². The summed E-state index contributed by atoms with van der Waals surface area (Å²) in [6.07, 6.45) is 2.19. The molecule has 1 aliphatic heterocycles. The van der Waals surface area contributed by atoms with Gasteiger partial charge in [0.25, 0.3) is 11.5 Å². The van der Waals surface area contributed by atoms with Gasteiger partial charge in [0, 0.05) is 46.1 Å². The number of nitrogens with one attached hydrogen (secondary N) is 3. The number of anilines is 1. The van der Waals surface area contributed by atoms with E-state index < -0.39 is 0 Å². The standard InChI is InChI=1S/C23H31BrN4O2/c1-5-28(18-6-8-25-9-7-18)21-12-17(24)11-19(16(21)4)22(29)26-13-20-14(2)10-15(3)27-23(20)30/h10-12,18,25H,5-9,13H2,1-4H3,(H,26,29)(H,27,30). The first kappa shape index (κ1) is 22.6. The van der Waals surface area contributed by atoms with E-state index in [2.05, 4.69) is 49.4 Å². The number of hydrogen-bond acceptors (Lipinski definition) is 4. The van der Waals surface area contributed by atoms with Gasteiger partial charge in [0.1, 0.15) is 0 Å². The van der Waals surface area contributed by atoms with E-state index in [4.69, 9.17) is 0 Å². The third kappa shape index (κ3) is 4.95. The summed E-state index contributed by atoms with van der Waals surface area (Å²) in [5.41, 5.74) is 4.82. The molecule has 1 aromatic carbocycles. The Morgan fingerprint density at radius 2 is 1.90 bits per heavy atom. The second-order valence-electron chi connectivity index (χ2n) is 7.99. The number of H-pyrrole nitrogens is 1. The number of amides is 1. The molecular weight excluding hydrogens is 444 g/mol. The fourth-order valence-corrected chi connectivity index (χ4v) is 4.75. The Kier molecular flexibility index (Phi) is 7.36. The number of hydrogen-bond donors (Lipinski definition) is 3. The highest BCUT2D eigenvalue weighted by atomic mass is 79.9. The third-order valence-corrected chi connectivity index (χ3v) is 6.37. The Morgan fingerprint density at radius 3 is 2.53 bits per heavy atom. The second kappa shape index (κ2) is 9.79. The van der Waals surface area contributed by atoms with E-state index >= 15 is 0 Å². The van der Waals surface area contributed by atoms with Crippen LogP contribution >= 0.6 is 15.9 Å². The summed E-state index contributed by atoms with van der Waals surface area (Å²) in [4.78, 5) is 30.5. The molecule has 7 heteroatoms. The smallest absolute Gasteiger partial charge is 0.253 e. The first-order valence-corrected chi connectivity index (χ1v) is 11.4. The van der Waals surface area contributed by atoms with Crippen molar-refractivity contribution in [1.82, 2.24) is 15.6 Å². The van der Waals surface area contributed by atoms with Crippen LogP contribution in [-0.2, 0) is 6.54 Å². The molecule has 162 valence electrons. The number of carbonyl (C=O) groups is 1. The quantitative estimate of drug-likeness (QED) is 0.597. The van der Waals surface area contributed by atoms with Crippen LogP contribution in [0.5, 0.6) is 0 Å². The maximum Gasteiger partial charge on any atom is 0.253 e. The van der Waals surface area contributed by atoms with E-state index in [1.807, 2.05) is 32.9 Å². The minimum atomic E-state index is -0.171. The Morgan fingerprint density at radius 1 is 1.20 bits per heavy atom. The maximum absolute atomic E-state index is 13.0. The van der Waals surface area contributed by atoms with Crippen LogP contribution in [0.3, 0.4) is 0 Å². The van der Waals surface area contributed by atoms with Gasteiger partial charge in [-0.15, -0.1) is 0 Å². The molecule has 3 N–H and O–H groups in total. The average Bonchev–Trinajstić information content (AvgIpc) is 2.70. The lowest BCUT2D eigenvalue weighted by molar-refractivity contribution is 0.0950. The number of nitrogens with zero attached hydrogens (tertiary/aromatic N) is 1. The van der Waals surface area contributed by atoms with Crippen LogP contribution in [-0.4, -0.2) is 36.6 Å². The van der Waals surface area contributed by atoms with Crippen molar-refractivity contribution in [2.45, 2.75) is 53.1 Å². The van der Waals surface area contributed by atoms with E-state index in [9.17, 15) is 9.59 Å². The van der Waals surface area contributed by atoms with Crippen LogP contribution in [0.1, 0.15) is 52.5 Å². The van der Waals surface area contributed by atoms with Crippen molar-refractivity contribution in [3.05, 3.63) is 61.0 Å². The Balaban J connectivity index is 1.85. The normalized spacial score (nSPS) is 14.6. The van der Waals surface area contributed by atoms with Gasteiger partial charge in [0.15, 0.2) is 0 Å². The van der Waals surface area contributed by atoms with E-state index in [1.54, 1.807) is 0 Å². The number of aromatic amines is 1. The molecule has 0 unspecified atom stereocenters. The lowest BCUT2D eigenvalue weighted by Crippen LogP contribution is -2.43. The van der Waals surface area contributed by atoms with E-state index in [-0.39, 0.29) is 18.0 Å². The first-order valence-electron chi connectivity index (χ1n) is 10.6. The highest BCUT2D eigenvalue weighted by Crippen LogP contribution is 2.31. The van der Waals surface area contributed by atoms with Crippen molar-refractivity contribution in [3.63, 3.8) is 0 Å². The molecule has 0 aliphatic carbocycles. The molecule has 0 saturated carbocycles. The zero-order valence-corrected chi connectivity index (χ0v) is 19.8. The zero-order valence-electron chi connectivity index (χ0n) is 18.2. The fraction of sp³-hybridized carbons (Fsp3) is 0.478. The molecule has 0 radical (unpaired) electrons. The van der Waals surface area contributed by atoms with Crippen molar-refractivity contribution < 1.29 is 4.79 Å². The van der Waals surface area contributed by atoms with Gasteiger partial charge < -0.3 is 20.5 Å². The van der Waals surface area contributed by atoms with Gasteiger partial charge in [-0.3, -0.25) is 9.59 Å². The van der Waals surface area contributed by atoms with Gasteiger partial charge >= 0.3 is 0 Å². The first-order chi connectivity index (χ1) is 14.3. The van der Waals surface area contributed by atoms with Crippen LogP contribution in [0.4, 0.5) is 5.69 Å². The Hall–Kier alpha value is -2.12. The van der Waals surface area contributed by atoms with Crippen LogP contribution < -0.4 is 21.1 Å². The molecule has 1 amide bonds. The molecule has 1 aliphatic rings. The number of pyridine rings is 1. The highest BCUT2D eigenvalue weighted by molar-refractivity contribution is 9.10. The van der Waals surface area contributed by atoms with Gasteiger partial charge in [-0.2, -0.15) is 0 Å². The van der Waals surface area contributed by atoms with Gasteiger partial charge in [0.2, 0.25) is 0 Å². The van der Waals surface area contributed by atoms with Crippen molar-refractivity contribution in [2.24, 2.45) is 0 Å². The van der Waals surface area contributed by atoms with E-state index in [0.717, 1.165) is 59.5 Å². The second-order valence-corrected chi connectivity index (χ2v) is 8.91. The number of carbonyl (C=O) groups excluding carboxylic acids is 1. The summed E-state index contributed by atoms with van der Waals surface area (Å²) in [6, 6.07) is 6.35. The largest absolute Gasteiger partial charge is 0.368 e. The number of rotatable bonds is 6. The van der Waals surface area contributed by atoms with Crippen molar-refractivity contribution >= 4 is 27.5 Å². The predicted molar refractivity (Wildman–Crippen MR) is 125 cm³/mol. The number of halogens is 1. The third-order valence-electron chi connectivity index (χ3n) is 5.91. The molecule has 1 fully saturated rings. The Labute approximate surface area is 186 Å². The molecule has 1 aromatic heterocycles. The average molecular weight is 475 g/mol. The van der Waals surface area contributed by atoms with E-state index in [1.165, 1.54) is 0 Å². The predicted octanol–water partition coefficient (Wildman–Crippen LogP) is 3.57. The lowest BCUT2D eigenvalue weighted by atomic mass is 10.00. The van der Waals surface area contributed by atoms with Gasteiger partial charge in [-0.1, -0.05) is 15.9 Å². The minimum absolute atomic E-state index is 0.150. The van der Waals surface area contributed by atoms with Gasteiger partial charge in [-0.25, -0.2) is 0 Å². The monoisotopic (exact) mass is 474 g/mol. The molecule has 0 atom stereocenters. The molecular formula is C23H31BrN4O2. The minimum Gasteiger partial charge on any atom is -0.368 e. The van der Waals surface area contributed by atoms with Crippen LogP contribution in [0.15, 0.2) is 27.5 Å². The number of benzene rings is 1. The molecule has 0 spiro atoms. The zero-order chi connectivity index (χ0) is 21.8. The fourth-order valence-electron chi connectivity index (χ4n) is 4.31. The summed E-state index contributed by atoms with van der Waals surface area (Å²) in [5.74, 6) is -0.171. The molecule has 0 bridgehead atoms. The van der Waals surface area contributed by atoms with Crippen LogP contribution in [0.2, 0.25) is 0 Å². The van der Waals surface area contributed by atoms with E-state index in [0.29, 0.717) is 17.2 Å². The molecule has 2 aromatic rings. The number of aromatic nitrogens is 1. The molecule has 30 heavy (non-hydrogen) atoms.